The summed E-state index contributed by atoms with van der Waals surface area (Å²) in [5.74, 6) is 1.95. The summed E-state index contributed by atoms with van der Waals surface area (Å²) in [6.07, 6.45) is 2.85. The fourth-order valence-electron chi connectivity index (χ4n) is 6.01. The molecule has 0 aliphatic heterocycles. The number of anilines is 1. The van der Waals surface area contributed by atoms with E-state index in [2.05, 4.69) is 5.32 Å². The van der Waals surface area contributed by atoms with Crippen LogP contribution in [0, 0.1) is 34.5 Å². The van der Waals surface area contributed by atoms with Gasteiger partial charge in [-0.3, -0.25) is 4.79 Å². The highest BCUT2D eigenvalue weighted by Gasteiger charge is 2.51. The summed E-state index contributed by atoms with van der Waals surface area (Å²) in [6, 6.07) is 4.89. The number of nitrogens with zero attached hydrogens (tertiary/aromatic N) is 1. The van der Waals surface area contributed by atoms with E-state index in [0.717, 1.165) is 49.1 Å². The van der Waals surface area contributed by atoms with Gasteiger partial charge in [-0.25, -0.2) is 0 Å². The highest BCUT2D eigenvalue weighted by molar-refractivity contribution is 5.91. The zero-order chi connectivity index (χ0) is 18.5. The second kappa shape index (κ2) is 6.00. The first-order valence-corrected chi connectivity index (χ1v) is 9.17. The van der Waals surface area contributed by atoms with E-state index in [1.54, 1.807) is 6.07 Å². The van der Waals surface area contributed by atoms with Gasteiger partial charge in [0.2, 0.25) is 5.91 Å². The number of carbonyl (C=O) groups excluding carboxylic acids is 1. The molecule has 0 aromatic heterocycles. The Morgan fingerprint density at radius 1 is 1.15 bits per heavy atom. The average molecular weight is 362 g/mol. The third-order valence-corrected chi connectivity index (χ3v) is 6.43. The zero-order valence-corrected chi connectivity index (χ0v) is 14.4. The Morgan fingerprint density at radius 2 is 1.73 bits per heavy atom. The molecular weight excluding hydrogens is 341 g/mol. The topological polar surface area (TPSA) is 52.9 Å². The zero-order valence-electron chi connectivity index (χ0n) is 14.4. The number of hydrogen-bond donors (Lipinski definition) is 1. The summed E-state index contributed by atoms with van der Waals surface area (Å²) in [5, 5.41) is 11.5. The minimum Gasteiger partial charge on any atom is -0.326 e. The Hall–Kier alpha value is -2.03. The first-order valence-electron chi connectivity index (χ1n) is 9.17. The molecule has 5 rings (SSSR count). The van der Waals surface area contributed by atoms with E-state index in [4.69, 9.17) is 5.26 Å². The van der Waals surface area contributed by atoms with Crippen molar-refractivity contribution in [2.24, 2.45) is 23.2 Å². The molecule has 1 N–H and O–H groups in total. The predicted molar refractivity (Wildman–Crippen MR) is 90.0 cm³/mol. The molecule has 0 spiro atoms. The first-order chi connectivity index (χ1) is 12.3. The molecule has 1 aromatic rings. The van der Waals surface area contributed by atoms with Gasteiger partial charge in [0.25, 0.3) is 0 Å². The van der Waals surface area contributed by atoms with Crippen molar-refractivity contribution < 1.29 is 18.0 Å². The number of halogens is 3. The molecule has 0 radical (unpaired) electrons. The van der Waals surface area contributed by atoms with Crippen LogP contribution in [0.4, 0.5) is 18.9 Å². The second-order valence-electron chi connectivity index (χ2n) is 8.51. The highest BCUT2D eigenvalue weighted by atomic mass is 19.4. The monoisotopic (exact) mass is 362 g/mol. The van der Waals surface area contributed by atoms with E-state index < -0.39 is 17.3 Å². The smallest absolute Gasteiger partial charge is 0.326 e. The summed E-state index contributed by atoms with van der Waals surface area (Å²) in [6.45, 7) is 0. The fraction of sp³-hybridized carbons (Fsp3) is 0.600. The molecule has 6 heteroatoms. The van der Waals surface area contributed by atoms with E-state index in [9.17, 15) is 18.0 Å². The standard InChI is InChI=1S/C20H21F3N2O/c21-20(22,23)17-6-16(2-1-15(17)11-24)25-18(26)10-19-7-12-3-13(8-19)5-14(4-12)9-19/h1-2,6,12-14H,3-5,7-10H2,(H,25,26). The SMILES string of the molecule is N#Cc1ccc(NC(=O)CC23CC4CC(CC(C4)C2)C3)cc1C(F)(F)F. The molecule has 26 heavy (non-hydrogen) atoms. The molecule has 138 valence electrons. The van der Waals surface area contributed by atoms with Gasteiger partial charge >= 0.3 is 6.18 Å². The summed E-state index contributed by atoms with van der Waals surface area (Å²) in [7, 11) is 0. The minimum atomic E-state index is -4.62. The molecule has 0 heterocycles. The van der Waals surface area contributed by atoms with E-state index in [1.807, 2.05) is 0 Å². The molecular formula is C20H21F3N2O. The van der Waals surface area contributed by atoms with Crippen molar-refractivity contribution in [2.75, 3.05) is 5.32 Å². The maximum atomic E-state index is 13.1. The van der Waals surface area contributed by atoms with Crippen molar-refractivity contribution in [2.45, 2.75) is 51.1 Å². The maximum Gasteiger partial charge on any atom is 0.417 e. The molecule has 4 aliphatic carbocycles. The maximum absolute atomic E-state index is 13.1. The predicted octanol–water partition coefficient (Wildman–Crippen LogP) is 5.12. The number of nitriles is 1. The summed E-state index contributed by atoms with van der Waals surface area (Å²) >= 11 is 0. The van der Waals surface area contributed by atoms with Crippen LogP contribution >= 0.6 is 0 Å². The van der Waals surface area contributed by atoms with E-state index in [0.29, 0.717) is 6.42 Å². The Bertz CT molecular complexity index is 743. The van der Waals surface area contributed by atoms with Crippen molar-refractivity contribution in [3.8, 4) is 6.07 Å². The van der Waals surface area contributed by atoms with Crippen LogP contribution in [-0.2, 0) is 11.0 Å². The van der Waals surface area contributed by atoms with Crippen LogP contribution in [0.3, 0.4) is 0 Å². The molecule has 4 aliphatic rings. The van der Waals surface area contributed by atoms with Crippen molar-refractivity contribution in [3.63, 3.8) is 0 Å². The second-order valence-corrected chi connectivity index (χ2v) is 8.51. The van der Waals surface area contributed by atoms with Crippen LogP contribution in [0.15, 0.2) is 18.2 Å². The van der Waals surface area contributed by atoms with Crippen molar-refractivity contribution in [1.29, 1.82) is 5.26 Å². The third-order valence-electron chi connectivity index (χ3n) is 6.43. The normalized spacial score (nSPS) is 32.3. The van der Waals surface area contributed by atoms with Crippen molar-refractivity contribution in [3.05, 3.63) is 29.3 Å². The van der Waals surface area contributed by atoms with Crippen LogP contribution in [0.25, 0.3) is 0 Å². The molecule has 0 saturated heterocycles. The lowest BCUT2D eigenvalue weighted by atomic mass is 9.49. The summed E-state index contributed by atoms with van der Waals surface area (Å²) in [4.78, 5) is 12.6. The van der Waals surface area contributed by atoms with Crippen LogP contribution in [0.1, 0.15) is 56.1 Å². The summed E-state index contributed by atoms with van der Waals surface area (Å²) in [5.41, 5.74) is -1.30. The van der Waals surface area contributed by atoms with Crippen LogP contribution in [0.5, 0.6) is 0 Å². The van der Waals surface area contributed by atoms with Gasteiger partial charge in [-0.2, -0.15) is 18.4 Å². The van der Waals surface area contributed by atoms with Crippen LogP contribution in [-0.4, -0.2) is 5.91 Å². The van der Waals surface area contributed by atoms with Gasteiger partial charge in [0.15, 0.2) is 0 Å². The minimum absolute atomic E-state index is 0.0400. The molecule has 4 bridgehead atoms. The van der Waals surface area contributed by atoms with Gasteiger partial charge in [-0.05, 0) is 79.9 Å². The first kappa shape index (κ1) is 17.4. The number of amides is 1. The molecule has 0 unspecified atom stereocenters. The highest BCUT2D eigenvalue weighted by Crippen LogP contribution is 2.61. The fourth-order valence-corrected chi connectivity index (χ4v) is 6.01. The van der Waals surface area contributed by atoms with E-state index in [1.165, 1.54) is 25.3 Å². The lowest BCUT2D eigenvalue weighted by Crippen LogP contribution is -2.47. The van der Waals surface area contributed by atoms with Gasteiger partial charge in [0.05, 0.1) is 17.2 Å². The van der Waals surface area contributed by atoms with Crippen LogP contribution in [0.2, 0.25) is 0 Å². The number of benzene rings is 1. The lowest BCUT2D eigenvalue weighted by Gasteiger charge is -2.56. The molecule has 4 saturated carbocycles. The lowest BCUT2D eigenvalue weighted by molar-refractivity contribution is -0.137. The number of nitrogens with one attached hydrogen (secondary N) is 1. The molecule has 3 nitrogen and oxygen atoms in total. The average Bonchev–Trinajstić information content (AvgIpc) is 2.52. The quantitative estimate of drug-likeness (QED) is 0.811. The number of hydrogen-bond acceptors (Lipinski definition) is 2. The number of alkyl halides is 3. The Morgan fingerprint density at radius 3 is 2.23 bits per heavy atom. The van der Waals surface area contributed by atoms with Gasteiger partial charge in [-0.15, -0.1) is 0 Å². The molecule has 1 aromatic carbocycles. The largest absolute Gasteiger partial charge is 0.417 e. The Kier molecular flexibility index (Phi) is 4.02. The molecule has 0 atom stereocenters. The van der Waals surface area contributed by atoms with Gasteiger partial charge in [0, 0.05) is 12.1 Å². The van der Waals surface area contributed by atoms with Crippen molar-refractivity contribution in [1.82, 2.24) is 0 Å². The third kappa shape index (κ3) is 3.20. The number of carbonyl (C=O) groups is 1. The van der Waals surface area contributed by atoms with E-state index >= 15 is 0 Å². The van der Waals surface area contributed by atoms with E-state index in [-0.39, 0.29) is 17.0 Å². The Labute approximate surface area is 150 Å². The van der Waals surface area contributed by atoms with Gasteiger partial charge < -0.3 is 5.32 Å². The summed E-state index contributed by atoms with van der Waals surface area (Å²) < 4.78 is 39.2. The van der Waals surface area contributed by atoms with Crippen molar-refractivity contribution >= 4 is 11.6 Å². The molecule has 1 amide bonds. The van der Waals surface area contributed by atoms with Gasteiger partial charge in [0.1, 0.15) is 0 Å². The molecule has 4 fully saturated rings. The Balaban J connectivity index is 1.48. The van der Waals surface area contributed by atoms with Gasteiger partial charge in [-0.1, -0.05) is 0 Å². The van der Waals surface area contributed by atoms with Crippen LogP contribution < -0.4 is 5.32 Å². The number of rotatable bonds is 3.